The van der Waals surface area contributed by atoms with Crippen molar-refractivity contribution in [1.29, 1.82) is 0 Å². The van der Waals surface area contributed by atoms with Gasteiger partial charge in [-0.05, 0) is 42.2 Å². The van der Waals surface area contributed by atoms with E-state index in [4.69, 9.17) is 0 Å². The summed E-state index contributed by atoms with van der Waals surface area (Å²) in [5.74, 6) is 1.84. The van der Waals surface area contributed by atoms with Crippen LogP contribution in [0.3, 0.4) is 0 Å². The van der Waals surface area contributed by atoms with Crippen LogP contribution in [0.15, 0.2) is 24.3 Å². The van der Waals surface area contributed by atoms with Crippen LogP contribution in [0.5, 0.6) is 0 Å². The molecule has 0 bridgehead atoms. The van der Waals surface area contributed by atoms with Gasteiger partial charge in [-0.2, -0.15) is 0 Å². The van der Waals surface area contributed by atoms with Crippen molar-refractivity contribution in [2.45, 2.75) is 70.0 Å². The maximum atomic E-state index is 3.97. The molecule has 1 heteroatoms. The second-order valence-electron chi connectivity index (χ2n) is 6.42. The molecule has 0 heterocycles. The first-order valence-corrected chi connectivity index (χ1v) is 9.39. The van der Waals surface area contributed by atoms with E-state index in [0.29, 0.717) is 4.83 Å². The zero-order valence-corrected chi connectivity index (χ0v) is 14.7. The smallest absolute Gasteiger partial charge is 0.0423 e. The summed E-state index contributed by atoms with van der Waals surface area (Å²) in [6.07, 6.45) is 11.1. The third-order valence-corrected chi connectivity index (χ3v) is 6.25. The van der Waals surface area contributed by atoms with Gasteiger partial charge < -0.3 is 0 Å². The number of rotatable bonds is 6. The molecule has 0 spiro atoms. The molecule has 20 heavy (non-hydrogen) atoms. The molecule has 0 aromatic heterocycles. The Labute approximate surface area is 133 Å². The molecule has 1 aliphatic rings. The van der Waals surface area contributed by atoms with Gasteiger partial charge in [0, 0.05) is 4.83 Å². The zero-order valence-electron chi connectivity index (χ0n) is 13.1. The summed E-state index contributed by atoms with van der Waals surface area (Å²) in [7, 11) is 0. The molecule has 1 unspecified atom stereocenters. The average Bonchev–Trinajstić information content (AvgIpc) is 2.53. The molecule has 1 aliphatic carbocycles. The highest BCUT2D eigenvalue weighted by molar-refractivity contribution is 9.09. The lowest BCUT2D eigenvalue weighted by Gasteiger charge is -2.31. The zero-order chi connectivity index (χ0) is 14.4. The Morgan fingerprint density at radius 2 is 1.70 bits per heavy atom. The van der Waals surface area contributed by atoms with Crippen LogP contribution in [0, 0.1) is 11.8 Å². The molecule has 0 amide bonds. The van der Waals surface area contributed by atoms with Crippen LogP contribution in [-0.4, -0.2) is 0 Å². The van der Waals surface area contributed by atoms with Gasteiger partial charge in [0.05, 0.1) is 0 Å². The first-order valence-electron chi connectivity index (χ1n) is 8.47. The maximum absolute atomic E-state index is 3.97. The molecule has 1 aromatic carbocycles. The predicted molar refractivity (Wildman–Crippen MR) is 92.5 cm³/mol. The number of benzene rings is 1. The second-order valence-corrected chi connectivity index (χ2v) is 7.41. The molecule has 1 atom stereocenters. The topological polar surface area (TPSA) is 0 Å². The Bertz CT molecular complexity index is 373. The fourth-order valence-electron chi connectivity index (χ4n) is 3.47. The Hall–Kier alpha value is -0.300. The monoisotopic (exact) mass is 336 g/mol. The van der Waals surface area contributed by atoms with Crippen molar-refractivity contribution < 1.29 is 0 Å². The molecule has 2 rings (SSSR count). The minimum Gasteiger partial charge on any atom is -0.0836 e. The number of alkyl halides is 1. The fourth-order valence-corrected chi connectivity index (χ4v) is 4.31. The van der Waals surface area contributed by atoms with Crippen LogP contribution in [0.2, 0.25) is 0 Å². The van der Waals surface area contributed by atoms with Crippen molar-refractivity contribution in [2.75, 3.05) is 0 Å². The number of halogens is 1. The highest BCUT2D eigenvalue weighted by Crippen LogP contribution is 2.42. The van der Waals surface area contributed by atoms with Crippen LogP contribution < -0.4 is 0 Å². The highest BCUT2D eigenvalue weighted by Gasteiger charge is 2.26. The van der Waals surface area contributed by atoms with Gasteiger partial charge in [-0.1, -0.05) is 86.1 Å². The van der Waals surface area contributed by atoms with Crippen molar-refractivity contribution in [3.63, 3.8) is 0 Å². The van der Waals surface area contributed by atoms with Crippen molar-refractivity contribution in [1.82, 2.24) is 0 Å². The fraction of sp³-hybridized carbons (Fsp3) is 0.684. The number of aryl methyl sites for hydroxylation is 1. The van der Waals surface area contributed by atoms with Gasteiger partial charge >= 0.3 is 0 Å². The van der Waals surface area contributed by atoms with Crippen molar-refractivity contribution in [3.05, 3.63) is 35.4 Å². The number of hydrogen-bond acceptors (Lipinski definition) is 0. The van der Waals surface area contributed by atoms with E-state index >= 15 is 0 Å². The van der Waals surface area contributed by atoms with Gasteiger partial charge in [-0.3, -0.25) is 0 Å². The standard InChI is InChI=1S/C19H29Br/c1-3-5-6-16-9-13-18(14-10-16)19(20)17-11-7-15(4-2)8-12-17/h7-8,11-12,16,18-19H,3-6,9-10,13-14H2,1-2H3. The van der Waals surface area contributed by atoms with Gasteiger partial charge in [-0.15, -0.1) is 0 Å². The van der Waals surface area contributed by atoms with Crippen LogP contribution >= 0.6 is 15.9 Å². The first kappa shape index (κ1) is 16.1. The Kier molecular flexibility index (Phi) is 6.61. The molecule has 112 valence electrons. The van der Waals surface area contributed by atoms with Crippen molar-refractivity contribution >= 4 is 15.9 Å². The molecule has 0 aliphatic heterocycles. The van der Waals surface area contributed by atoms with Gasteiger partial charge in [0.15, 0.2) is 0 Å². The minimum atomic E-state index is 0.556. The van der Waals surface area contributed by atoms with Crippen LogP contribution in [0.25, 0.3) is 0 Å². The Balaban J connectivity index is 1.85. The van der Waals surface area contributed by atoms with Gasteiger partial charge in [0.1, 0.15) is 0 Å². The van der Waals surface area contributed by atoms with E-state index in [9.17, 15) is 0 Å². The lowest BCUT2D eigenvalue weighted by atomic mass is 9.77. The quantitative estimate of drug-likeness (QED) is 0.508. The molecule has 0 saturated heterocycles. The van der Waals surface area contributed by atoms with E-state index in [0.717, 1.165) is 18.3 Å². The third kappa shape index (κ3) is 4.35. The lowest BCUT2D eigenvalue weighted by molar-refractivity contribution is 0.257. The average molecular weight is 337 g/mol. The molecule has 0 radical (unpaired) electrons. The van der Waals surface area contributed by atoms with Crippen molar-refractivity contribution in [3.8, 4) is 0 Å². The summed E-state index contributed by atoms with van der Waals surface area (Å²) >= 11 is 3.97. The van der Waals surface area contributed by atoms with E-state index in [-0.39, 0.29) is 0 Å². The van der Waals surface area contributed by atoms with E-state index in [1.54, 1.807) is 0 Å². The van der Waals surface area contributed by atoms with Gasteiger partial charge in [-0.25, -0.2) is 0 Å². The molecule has 0 N–H and O–H groups in total. The van der Waals surface area contributed by atoms with Crippen molar-refractivity contribution in [2.24, 2.45) is 11.8 Å². The predicted octanol–water partition coefficient (Wildman–Crippen LogP) is 6.68. The lowest BCUT2D eigenvalue weighted by Crippen LogP contribution is -2.18. The highest BCUT2D eigenvalue weighted by atomic mass is 79.9. The molecular weight excluding hydrogens is 308 g/mol. The SMILES string of the molecule is CCCCC1CCC(C(Br)c2ccc(CC)cc2)CC1. The number of hydrogen-bond donors (Lipinski definition) is 0. The summed E-state index contributed by atoms with van der Waals surface area (Å²) in [5.41, 5.74) is 2.91. The Morgan fingerprint density at radius 1 is 1.05 bits per heavy atom. The molecular formula is C19H29Br. The Morgan fingerprint density at radius 3 is 2.25 bits per heavy atom. The molecule has 1 saturated carbocycles. The summed E-state index contributed by atoms with van der Waals surface area (Å²) in [6.45, 7) is 4.53. The van der Waals surface area contributed by atoms with E-state index < -0.39 is 0 Å². The molecule has 1 aromatic rings. The van der Waals surface area contributed by atoms with E-state index in [2.05, 4.69) is 54.0 Å². The van der Waals surface area contributed by atoms with Gasteiger partial charge in [0.2, 0.25) is 0 Å². The molecule has 0 nitrogen and oxygen atoms in total. The van der Waals surface area contributed by atoms with E-state index in [1.165, 1.54) is 56.1 Å². The van der Waals surface area contributed by atoms with E-state index in [1.807, 2.05) is 0 Å². The minimum absolute atomic E-state index is 0.556. The summed E-state index contributed by atoms with van der Waals surface area (Å²) < 4.78 is 0. The normalized spacial score (nSPS) is 24.6. The second kappa shape index (κ2) is 8.22. The maximum Gasteiger partial charge on any atom is 0.0423 e. The van der Waals surface area contributed by atoms with Crippen LogP contribution in [-0.2, 0) is 6.42 Å². The third-order valence-electron chi connectivity index (χ3n) is 4.98. The van der Waals surface area contributed by atoms with Crippen LogP contribution in [0.1, 0.15) is 74.7 Å². The summed E-state index contributed by atoms with van der Waals surface area (Å²) in [4.78, 5) is 0.556. The molecule has 1 fully saturated rings. The largest absolute Gasteiger partial charge is 0.0836 e. The number of unbranched alkanes of at least 4 members (excludes halogenated alkanes) is 1. The summed E-state index contributed by atoms with van der Waals surface area (Å²) in [6, 6.07) is 9.22. The van der Waals surface area contributed by atoms with Gasteiger partial charge in [0.25, 0.3) is 0 Å². The van der Waals surface area contributed by atoms with Crippen LogP contribution in [0.4, 0.5) is 0 Å². The first-order chi connectivity index (χ1) is 9.74. The summed E-state index contributed by atoms with van der Waals surface area (Å²) in [5, 5.41) is 0.